The minimum absolute atomic E-state index is 0.0729. The van der Waals surface area contributed by atoms with Crippen molar-refractivity contribution in [3.8, 4) is 0 Å². The van der Waals surface area contributed by atoms with Gasteiger partial charge in [-0.1, -0.05) is 53.7 Å². The third kappa shape index (κ3) is 3.13. The predicted molar refractivity (Wildman–Crippen MR) is 75.9 cm³/mol. The number of benzene rings is 2. The van der Waals surface area contributed by atoms with E-state index in [9.17, 15) is 5.11 Å². The SMILES string of the molecule is C[N-]Cc1ccccc1Sc1ccccc1CO. The summed E-state index contributed by atoms with van der Waals surface area (Å²) in [5.41, 5.74) is 2.18. The van der Waals surface area contributed by atoms with Gasteiger partial charge in [0.25, 0.3) is 0 Å². The lowest BCUT2D eigenvalue weighted by Gasteiger charge is -2.16. The van der Waals surface area contributed by atoms with Crippen molar-refractivity contribution in [2.45, 2.75) is 22.9 Å². The highest BCUT2D eigenvalue weighted by molar-refractivity contribution is 7.99. The zero-order valence-electron chi connectivity index (χ0n) is 10.3. The van der Waals surface area contributed by atoms with Crippen LogP contribution in [0.15, 0.2) is 58.3 Å². The second-order valence-corrected chi connectivity index (χ2v) is 5.03. The Labute approximate surface area is 112 Å². The highest BCUT2D eigenvalue weighted by atomic mass is 32.2. The van der Waals surface area contributed by atoms with Crippen LogP contribution in [0.2, 0.25) is 0 Å². The van der Waals surface area contributed by atoms with E-state index in [1.54, 1.807) is 11.8 Å². The number of nitrogens with zero attached hydrogens (tertiary/aromatic N) is 1. The highest BCUT2D eigenvalue weighted by Gasteiger charge is 2.05. The Balaban J connectivity index is 2.28. The Hall–Kier alpha value is -1.29. The molecular formula is C15H16NOS-. The summed E-state index contributed by atoms with van der Waals surface area (Å²) in [5, 5.41) is 13.5. The van der Waals surface area contributed by atoms with E-state index in [2.05, 4.69) is 17.4 Å². The monoisotopic (exact) mass is 258 g/mol. The smallest absolute Gasteiger partial charge is 0.0692 e. The van der Waals surface area contributed by atoms with Crippen molar-refractivity contribution in [3.05, 3.63) is 65.0 Å². The van der Waals surface area contributed by atoms with Crippen LogP contribution in [0.3, 0.4) is 0 Å². The van der Waals surface area contributed by atoms with Crippen LogP contribution < -0.4 is 0 Å². The van der Waals surface area contributed by atoms with E-state index in [4.69, 9.17) is 0 Å². The Kier molecular flexibility index (Phi) is 4.81. The molecular weight excluding hydrogens is 242 g/mol. The summed E-state index contributed by atoms with van der Waals surface area (Å²) < 4.78 is 0. The molecule has 0 amide bonds. The zero-order chi connectivity index (χ0) is 12.8. The van der Waals surface area contributed by atoms with Gasteiger partial charge in [-0.3, -0.25) is 0 Å². The molecule has 0 aliphatic rings. The molecule has 0 aliphatic heterocycles. The highest BCUT2D eigenvalue weighted by Crippen LogP contribution is 2.33. The molecule has 0 radical (unpaired) electrons. The van der Waals surface area contributed by atoms with Crippen LogP contribution in [0.1, 0.15) is 11.1 Å². The molecule has 0 aliphatic carbocycles. The first-order valence-electron chi connectivity index (χ1n) is 5.85. The number of hydrogen-bond donors (Lipinski definition) is 1. The fraction of sp³-hybridized carbons (Fsp3) is 0.200. The van der Waals surface area contributed by atoms with Gasteiger partial charge < -0.3 is 10.4 Å². The molecule has 2 nitrogen and oxygen atoms in total. The van der Waals surface area contributed by atoms with E-state index in [0.29, 0.717) is 0 Å². The number of rotatable bonds is 5. The molecule has 0 unspecified atom stereocenters. The van der Waals surface area contributed by atoms with Gasteiger partial charge in [0.05, 0.1) is 6.61 Å². The fourth-order valence-electron chi connectivity index (χ4n) is 1.76. The molecule has 2 aromatic rings. The Bertz CT molecular complexity index is 513. The normalized spacial score (nSPS) is 10.6. The molecule has 2 rings (SSSR count). The molecule has 2 aromatic carbocycles. The van der Waals surface area contributed by atoms with Gasteiger partial charge in [-0.15, -0.1) is 6.54 Å². The average molecular weight is 258 g/mol. The number of aliphatic hydroxyl groups is 1. The summed E-state index contributed by atoms with van der Waals surface area (Å²) in [6.45, 7) is 0.800. The number of aliphatic hydroxyl groups excluding tert-OH is 1. The van der Waals surface area contributed by atoms with Gasteiger partial charge in [0.2, 0.25) is 0 Å². The first-order chi connectivity index (χ1) is 8.85. The zero-order valence-corrected chi connectivity index (χ0v) is 11.2. The Morgan fingerprint density at radius 3 is 2.11 bits per heavy atom. The Morgan fingerprint density at radius 2 is 1.50 bits per heavy atom. The fourth-order valence-corrected chi connectivity index (χ4v) is 2.81. The van der Waals surface area contributed by atoms with Crippen molar-refractivity contribution in [1.29, 1.82) is 0 Å². The summed E-state index contributed by atoms with van der Waals surface area (Å²) in [6, 6.07) is 16.2. The van der Waals surface area contributed by atoms with Gasteiger partial charge in [-0.05, 0) is 17.7 Å². The molecule has 0 saturated heterocycles. The first kappa shape index (κ1) is 13.1. The van der Waals surface area contributed by atoms with E-state index in [-0.39, 0.29) is 6.61 Å². The second kappa shape index (κ2) is 6.59. The minimum atomic E-state index is 0.0729. The van der Waals surface area contributed by atoms with Crippen LogP contribution in [0.4, 0.5) is 0 Å². The Morgan fingerprint density at radius 1 is 0.944 bits per heavy atom. The summed E-state index contributed by atoms with van der Waals surface area (Å²) >= 11 is 1.69. The lowest BCUT2D eigenvalue weighted by atomic mass is 10.2. The van der Waals surface area contributed by atoms with E-state index in [0.717, 1.165) is 17.0 Å². The molecule has 0 spiro atoms. The molecule has 1 N–H and O–H groups in total. The topological polar surface area (TPSA) is 34.3 Å². The van der Waals surface area contributed by atoms with Crippen molar-refractivity contribution in [1.82, 2.24) is 0 Å². The summed E-state index contributed by atoms with van der Waals surface area (Å²) in [5.74, 6) is 0. The molecule has 3 heteroatoms. The average Bonchev–Trinajstić information content (AvgIpc) is 2.42. The molecule has 0 heterocycles. The quantitative estimate of drug-likeness (QED) is 0.884. The van der Waals surface area contributed by atoms with Crippen LogP contribution in [0, 0.1) is 0 Å². The van der Waals surface area contributed by atoms with Gasteiger partial charge in [0, 0.05) is 9.79 Å². The van der Waals surface area contributed by atoms with Gasteiger partial charge >= 0.3 is 0 Å². The molecule has 18 heavy (non-hydrogen) atoms. The van der Waals surface area contributed by atoms with Crippen molar-refractivity contribution in [3.63, 3.8) is 0 Å². The maximum atomic E-state index is 9.34. The van der Waals surface area contributed by atoms with Gasteiger partial charge in [0.1, 0.15) is 0 Å². The minimum Gasteiger partial charge on any atom is -0.661 e. The molecule has 0 fully saturated rings. The van der Waals surface area contributed by atoms with Crippen LogP contribution in [0.25, 0.3) is 5.32 Å². The lowest BCUT2D eigenvalue weighted by molar-refractivity contribution is 0.279. The second-order valence-electron chi connectivity index (χ2n) is 3.95. The van der Waals surface area contributed by atoms with Crippen molar-refractivity contribution < 1.29 is 5.11 Å². The van der Waals surface area contributed by atoms with Crippen LogP contribution in [0.5, 0.6) is 0 Å². The first-order valence-corrected chi connectivity index (χ1v) is 6.67. The van der Waals surface area contributed by atoms with E-state index in [1.807, 2.05) is 43.4 Å². The van der Waals surface area contributed by atoms with Crippen LogP contribution >= 0.6 is 11.8 Å². The molecule has 0 saturated carbocycles. The summed E-state index contributed by atoms with van der Waals surface area (Å²) in [7, 11) is 1.82. The van der Waals surface area contributed by atoms with Gasteiger partial charge in [-0.2, -0.15) is 7.05 Å². The summed E-state index contributed by atoms with van der Waals surface area (Å²) in [6.07, 6.45) is 0. The number of hydrogen-bond acceptors (Lipinski definition) is 2. The standard InChI is InChI=1S/C15H16NOS/c1-16-10-12-6-2-4-8-14(12)18-15-9-5-3-7-13(15)11-17/h2-9,17H,10-11H2,1H3/q-1. The lowest BCUT2D eigenvalue weighted by Crippen LogP contribution is -1.90. The van der Waals surface area contributed by atoms with Crippen LogP contribution in [-0.2, 0) is 13.2 Å². The van der Waals surface area contributed by atoms with E-state index in [1.165, 1.54) is 10.5 Å². The maximum absolute atomic E-state index is 9.34. The largest absolute Gasteiger partial charge is 0.661 e. The van der Waals surface area contributed by atoms with E-state index < -0.39 is 0 Å². The summed E-state index contributed by atoms with van der Waals surface area (Å²) in [4.78, 5) is 2.30. The van der Waals surface area contributed by atoms with E-state index >= 15 is 0 Å². The van der Waals surface area contributed by atoms with Crippen molar-refractivity contribution in [2.24, 2.45) is 0 Å². The predicted octanol–water partition coefficient (Wildman–Crippen LogP) is 3.83. The van der Waals surface area contributed by atoms with Crippen molar-refractivity contribution >= 4 is 11.8 Å². The molecule has 0 aromatic heterocycles. The maximum Gasteiger partial charge on any atom is 0.0692 e. The molecule has 0 atom stereocenters. The molecule has 0 bridgehead atoms. The van der Waals surface area contributed by atoms with Gasteiger partial charge in [0.15, 0.2) is 0 Å². The van der Waals surface area contributed by atoms with Crippen molar-refractivity contribution in [2.75, 3.05) is 7.05 Å². The third-order valence-electron chi connectivity index (χ3n) is 2.66. The van der Waals surface area contributed by atoms with Gasteiger partial charge in [-0.25, -0.2) is 0 Å². The van der Waals surface area contributed by atoms with Crippen LogP contribution in [-0.4, -0.2) is 12.2 Å². The molecule has 94 valence electrons. The third-order valence-corrected chi connectivity index (χ3v) is 3.90.